The molecule has 19 heavy (non-hydrogen) atoms. The van der Waals surface area contributed by atoms with Crippen molar-refractivity contribution in [3.8, 4) is 0 Å². The lowest BCUT2D eigenvalue weighted by Gasteiger charge is -2.14. The fourth-order valence-corrected chi connectivity index (χ4v) is 2.79. The highest BCUT2D eigenvalue weighted by molar-refractivity contribution is 9.09. The zero-order valence-corrected chi connectivity index (χ0v) is 12.7. The molecule has 0 spiro atoms. The van der Waals surface area contributed by atoms with E-state index in [1.54, 1.807) is 9.13 Å². The molecule has 0 amide bonds. The van der Waals surface area contributed by atoms with Gasteiger partial charge in [0.15, 0.2) is 0 Å². The van der Waals surface area contributed by atoms with Crippen molar-refractivity contribution >= 4 is 15.9 Å². The molecule has 0 saturated heterocycles. The number of aromatic nitrogens is 2. The first kappa shape index (κ1) is 14.1. The minimum absolute atomic E-state index is 0.0868. The van der Waals surface area contributed by atoms with E-state index in [1.165, 1.54) is 5.56 Å². The summed E-state index contributed by atoms with van der Waals surface area (Å²) in [6.07, 6.45) is 4.74. The normalized spacial score (nSPS) is 12.5. The van der Waals surface area contributed by atoms with Gasteiger partial charge < -0.3 is 0 Å². The van der Waals surface area contributed by atoms with Crippen LogP contribution < -0.4 is 5.69 Å². The standard InChI is InChI=1S/C15H19BrN2O/c1-2-8-17-9-10-18(15(17)19)12-14(11-16)13-6-4-3-5-7-13/h3-7,9-10,14H,2,8,11-12H2,1H3. The van der Waals surface area contributed by atoms with E-state index in [0.717, 1.165) is 18.3 Å². The second-order valence-corrected chi connectivity index (χ2v) is 5.34. The van der Waals surface area contributed by atoms with Gasteiger partial charge in [-0.05, 0) is 12.0 Å². The Morgan fingerprint density at radius 3 is 2.47 bits per heavy atom. The Morgan fingerprint density at radius 1 is 1.16 bits per heavy atom. The third kappa shape index (κ3) is 3.38. The van der Waals surface area contributed by atoms with Crippen LogP contribution in [0, 0.1) is 0 Å². The summed E-state index contributed by atoms with van der Waals surface area (Å²) in [6, 6.07) is 10.3. The number of aryl methyl sites for hydroxylation is 1. The Bertz CT molecular complexity index is 559. The van der Waals surface area contributed by atoms with Crippen molar-refractivity contribution in [2.45, 2.75) is 32.4 Å². The van der Waals surface area contributed by atoms with Crippen LogP contribution in [0.3, 0.4) is 0 Å². The molecule has 1 aromatic carbocycles. The summed E-state index contributed by atoms with van der Waals surface area (Å²) < 4.78 is 3.57. The number of nitrogens with zero attached hydrogens (tertiary/aromatic N) is 2. The van der Waals surface area contributed by atoms with E-state index in [9.17, 15) is 4.79 Å². The van der Waals surface area contributed by atoms with Crippen LogP contribution >= 0.6 is 15.9 Å². The first-order valence-electron chi connectivity index (χ1n) is 6.62. The number of halogens is 1. The zero-order chi connectivity index (χ0) is 13.7. The van der Waals surface area contributed by atoms with Gasteiger partial charge in [-0.3, -0.25) is 9.13 Å². The zero-order valence-electron chi connectivity index (χ0n) is 11.1. The van der Waals surface area contributed by atoms with Crippen molar-refractivity contribution in [3.05, 3.63) is 58.8 Å². The molecule has 102 valence electrons. The van der Waals surface area contributed by atoms with Crippen molar-refractivity contribution in [3.63, 3.8) is 0 Å². The fourth-order valence-electron chi connectivity index (χ4n) is 2.21. The topological polar surface area (TPSA) is 26.9 Å². The van der Waals surface area contributed by atoms with Crippen LogP contribution in [0.2, 0.25) is 0 Å². The van der Waals surface area contributed by atoms with Crippen molar-refractivity contribution in [1.82, 2.24) is 9.13 Å². The summed E-state index contributed by atoms with van der Waals surface area (Å²) in [5.74, 6) is 0.316. The lowest BCUT2D eigenvalue weighted by molar-refractivity contribution is 0.560. The number of benzene rings is 1. The average Bonchev–Trinajstić information content (AvgIpc) is 2.79. The molecule has 2 rings (SSSR count). The summed E-state index contributed by atoms with van der Waals surface area (Å²) in [5, 5.41) is 0.850. The maximum Gasteiger partial charge on any atom is 0.328 e. The van der Waals surface area contributed by atoms with E-state index >= 15 is 0 Å². The van der Waals surface area contributed by atoms with Gasteiger partial charge in [0.1, 0.15) is 0 Å². The number of hydrogen-bond donors (Lipinski definition) is 0. The van der Waals surface area contributed by atoms with Crippen LogP contribution in [0.5, 0.6) is 0 Å². The molecule has 4 heteroatoms. The van der Waals surface area contributed by atoms with Crippen LogP contribution in [-0.2, 0) is 13.1 Å². The van der Waals surface area contributed by atoms with E-state index in [4.69, 9.17) is 0 Å². The smallest absolute Gasteiger partial charge is 0.299 e. The number of rotatable bonds is 6. The summed E-state index contributed by atoms with van der Waals surface area (Å²) in [5.41, 5.74) is 1.35. The van der Waals surface area contributed by atoms with Crippen LogP contribution in [-0.4, -0.2) is 14.5 Å². The van der Waals surface area contributed by atoms with E-state index < -0.39 is 0 Å². The molecule has 0 aliphatic heterocycles. The molecule has 0 radical (unpaired) electrons. The largest absolute Gasteiger partial charge is 0.328 e. The molecule has 0 aliphatic rings. The minimum Gasteiger partial charge on any atom is -0.299 e. The van der Waals surface area contributed by atoms with E-state index in [0.29, 0.717) is 12.5 Å². The van der Waals surface area contributed by atoms with Gasteiger partial charge in [0.05, 0.1) is 0 Å². The highest BCUT2D eigenvalue weighted by Gasteiger charge is 2.12. The second-order valence-electron chi connectivity index (χ2n) is 4.69. The molecule has 1 heterocycles. The van der Waals surface area contributed by atoms with Gasteiger partial charge >= 0.3 is 5.69 Å². The lowest BCUT2D eigenvalue weighted by atomic mass is 10.0. The highest BCUT2D eigenvalue weighted by atomic mass is 79.9. The van der Waals surface area contributed by atoms with Gasteiger partial charge in [0.2, 0.25) is 0 Å². The maximum atomic E-state index is 12.2. The van der Waals surface area contributed by atoms with Gasteiger partial charge in [0.25, 0.3) is 0 Å². The Morgan fingerprint density at radius 2 is 1.84 bits per heavy atom. The summed E-state index contributed by atoms with van der Waals surface area (Å²) >= 11 is 3.55. The molecular formula is C15H19BrN2O. The van der Waals surface area contributed by atoms with E-state index in [1.807, 2.05) is 30.6 Å². The molecule has 3 nitrogen and oxygen atoms in total. The molecule has 0 aliphatic carbocycles. The molecule has 0 saturated carbocycles. The third-order valence-corrected chi connectivity index (χ3v) is 4.04. The monoisotopic (exact) mass is 322 g/mol. The van der Waals surface area contributed by atoms with Gasteiger partial charge in [-0.1, -0.05) is 53.2 Å². The Labute approximate surface area is 122 Å². The summed E-state index contributed by atoms with van der Waals surface area (Å²) in [6.45, 7) is 3.58. The van der Waals surface area contributed by atoms with Gasteiger partial charge in [0, 0.05) is 36.7 Å². The molecule has 0 bridgehead atoms. The van der Waals surface area contributed by atoms with Crippen molar-refractivity contribution in [1.29, 1.82) is 0 Å². The van der Waals surface area contributed by atoms with Crippen molar-refractivity contribution in [2.75, 3.05) is 5.33 Å². The van der Waals surface area contributed by atoms with E-state index in [2.05, 4.69) is 35.0 Å². The Kier molecular flexibility index (Phi) is 5.02. The molecule has 0 N–H and O–H groups in total. The summed E-state index contributed by atoms with van der Waals surface area (Å²) in [4.78, 5) is 12.2. The first-order valence-corrected chi connectivity index (χ1v) is 7.75. The van der Waals surface area contributed by atoms with E-state index in [-0.39, 0.29) is 5.69 Å². The van der Waals surface area contributed by atoms with Crippen LogP contribution in [0.15, 0.2) is 47.5 Å². The van der Waals surface area contributed by atoms with Crippen LogP contribution in [0.4, 0.5) is 0 Å². The maximum absolute atomic E-state index is 12.2. The molecule has 1 atom stereocenters. The molecule has 1 unspecified atom stereocenters. The lowest BCUT2D eigenvalue weighted by Crippen LogP contribution is -2.26. The Balaban J connectivity index is 2.17. The second kappa shape index (κ2) is 6.75. The Hall–Kier alpha value is -1.29. The fraction of sp³-hybridized carbons (Fsp3) is 0.400. The van der Waals surface area contributed by atoms with Gasteiger partial charge in [-0.15, -0.1) is 0 Å². The molecule has 1 aromatic heterocycles. The van der Waals surface area contributed by atoms with Crippen LogP contribution in [0.1, 0.15) is 24.8 Å². The minimum atomic E-state index is 0.0868. The average molecular weight is 323 g/mol. The predicted molar refractivity (Wildman–Crippen MR) is 82.0 cm³/mol. The number of hydrogen-bond acceptors (Lipinski definition) is 1. The van der Waals surface area contributed by atoms with Crippen molar-refractivity contribution < 1.29 is 0 Å². The van der Waals surface area contributed by atoms with Gasteiger partial charge in [-0.2, -0.15) is 0 Å². The van der Waals surface area contributed by atoms with Crippen LogP contribution in [0.25, 0.3) is 0 Å². The van der Waals surface area contributed by atoms with Crippen molar-refractivity contribution in [2.24, 2.45) is 0 Å². The third-order valence-electron chi connectivity index (χ3n) is 3.26. The SMILES string of the molecule is CCCn1ccn(CC(CBr)c2ccccc2)c1=O. The molecule has 0 fully saturated rings. The first-order chi connectivity index (χ1) is 9.26. The number of imidazole rings is 1. The highest BCUT2D eigenvalue weighted by Crippen LogP contribution is 2.19. The van der Waals surface area contributed by atoms with Gasteiger partial charge in [-0.25, -0.2) is 4.79 Å². The molecular weight excluding hydrogens is 304 g/mol. The quantitative estimate of drug-likeness (QED) is 0.750. The molecule has 2 aromatic rings. The number of alkyl halides is 1. The summed E-state index contributed by atoms with van der Waals surface area (Å²) in [7, 11) is 0. The predicted octanol–water partition coefficient (Wildman–Crippen LogP) is 3.24.